The number of carbonyl (C=O) groups excluding carboxylic acids is 1. The lowest BCUT2D eigenvalue weighted by Gasteiger charge is -2.25. The number of pyridine rings is 1. The van der Waals surface area contributed by atoms with E-state index in [1.165, 1.54) is 6.92 Å². The fourth-order valence-corrected chi connectivity index (χ4v) is 1.79. The highest BCUT2D eigenvalue weighted by molar-refractivity contribution is 5.97. The molecule has 114 valence electrons. The topological polar surface area (TPSA) is 142 Å². The molecule has 1 unspecified atom stereocenters. The number of aliphatic carboxylic acids is 1. The molecule has 3 N–H and O–H groups in total. The molecule has 0 aromatic carbocycles. The van der Waals surface area contributed by atoms with Gasteiger partial charge in [-0.3, -0.25) is 19.7 Å². The molecule has 0 aliphatic carbocycles. The van der Waals surface area contributed by atoms with Gasteiger partial charge in [-0.25, -0.2) is 4.79 Å². The van der Waals surface area contributed by atoms with Crippen LogP contribution in [0.2, 0.25) is 0 Å². The third kappa shape index (κ3) is 3.65. The fraction of sp³-hybridized carbons (Fsp3) is 0.417. The predicted molar refractivity (Wildman–Crippen MR) is 72.1 cm³/mol. The van der Waals surface area contributed by atoms with Gasteiger partial charge in [-0.2, -0.15) is 0 Å². The predicted octanol–water partition coefficient (Wildman–Crippen LogP) is 0.656. The number of hydrogen-bond acceptors (Lipinski definition) is 5. The zero-order valence-corrected chi connectivity index (χ0v) is 11.5. The van der Waals surface area contributed by atoms with Crippen LogP contribution < -0.4 is 10.9 Å². The molecule has 0 spiro atoms. The van der Waals surface area contributed by atoms with E-state index in [1.54, 1.807) is 6.92 Å². The standard InChI is InChI=1S/C12H15N3O6/c1-3-4-12(2,11(18)19)14-10(17)8-5-7(15(20)21)6-13-9(8)16/h5-6H,3-4H2,1-2H3,(H,13,16)(H,14,17)(H,18,19). The number of H-pyrrole nitrogens is 1. The van der Waals surface area contributed by atoms with E-state index in [1.807, 2.05) is 0 Å². The molecule has 1 heterocycles. The van der Waals surface area contributed by atoms with Crippen molar-refractivity contribution in [3.63, 3.8) is 0 Å². The molecule has 0 saturated heterocycles. The Kier molecular flexibility index (Phi) is 4.79. The van der Waals surface area contributed by atoms with Crippen LogP contribution in [0.5, 0.6) is 0 Å². The zero-order chi connectivity index (χ0) is 16.2. The molecule has 0 saturated carbocycles. The van der Waals surface area contributed by atoms with Crippen LogP contribution in [0.25, 0.3) is 0 Å². The average molecular weight is 297 g/mol. The van der Waals surface area contributed by atoms with E-state index in [9.17, 15) is 24.5 Å². The van der Waals surface area contributed by atoms with E-state index >= 15 is 0 Å². The molecular formula is C12H15N3O6. The zero-order valence-electron chi connectivity index (χ0n) is 11.5. The number of hydrogen-bond donors (Lipinski definition) is 3. The second-order valence-electron chi connectivity index (χ2n) is 4.70. The van der Waals surface area contributed by atoms with Crippen LogP contribution in [0.15, 0.2) is 17.1 Å². The molecule has 0 fully saturated rings. The number of carboxylic acids is 1. The maximum absolute atomic E-state index is 12.0. The molecule has 1 aromatic heterocycles. The summed E-state index contributed by atoms with van der Waals surface area (Å²) in [7, 11) is 0. The number of amides is 1. The number of aromatic amines is 1. The molecule has 1 atom stereocenters. The van der Waals surface area contributed by atoms with Gasteiger partial charge >= 0.3 is 5.97 Å². The normalized spacial score (nSPS) is 13.2. The minimum Gasteiger partial charge on any atom is -0.480 e. The summed E-state index contributed by atoms with van der Waals surface area (Å²) in [6.07, 6.45) is 1.51. The summed E-state index contributed by atoms with van der Waals surface area (Å²) in [5, 5.41) is 22.0. The van der Waals surface area contributed by atoms with E-state index in [0.29, 0.717) is 6.42 Å². The van der Waals surface area contributed by atoms with Crippen LogP contribution in [0.4, 0.5) is 5.69 Å². The van der Waals surface area contributed by atoms with Gasteiger partial charge in [0, 0.05) is 6.07 Å². The van der Waals surface area contributed by atoms with Crippen LogP contribution in [-0.4, -0.2) is 32.4 Å². The molecule has 0 aliphatic rings. The molecule has 0 aliphatic heterocycles. The summed E-state index contributed by atoms with van der Waals surface area (Å²) in [6, 6.07) is 0.808. The van der Waals surface area contributed by atoms with Gasteiger partial charge in [0.2, 0.25) is 0 Å². The largest absolute Gasteiger partial charge is 0.480 e. The van der Waals surface area contributed by atoms with Gasteiger partial charge in [0.05, 0.1) is 11.1 Å². The van der Waals surface area contributed by atoms with Gasteiger partial charge < -0.3 is 15.4 Å². The monoisotopic (exact) mass is 297 g/mol. The lowest BCUT2D eigenvalue weighted by Crippen LogP contribution is -2.52. The number of nitrogens with zero attached hydrogens (tertiary/aromatic N) is 1. The Morgan fingerprint density at radius 2 is 2.14 bits per heavy atom. The molecule has 21 heavy (non-hydrogen) atoms. The Balaban J connectivity index is 3.14. The Bertz CT molecular complexity index is 638. The second kappa shape index (κ2) is 6.16. The van der Waals surface area contributed by atoms with E-state index in [0.717, 1.165) is 12.3 Å². The lowest BCUT2D eigenvalue weighted by molar-refractivity contribution is -0.385. The number of aromatic nitrogens is 1. The van der Waals surface area contributed by atoms with Crippen LogP contribution in [0, 0.1) is 10.1 Å². The highest BCUT2D eigenvalue weighted by atomic mass is 16.6. The SMILES string of the molecule is CCCC(C)(NC(=O)c1cc([N+](=O)[O-])c[nH]c1=O)C(=O)O. The Labute approximate surface area is 119 Å². The first-order valence-corrected chi connectivity index (χ1v) is 6.14. The summed E-state index contributed by atoms with van der Waals surface area (Å²) in [5.74, 6) is -2.22. The summed E-state index contributed by atoms with van der Waals surface area (Å²) in [6.45, 7) is 3.05. The number of carboxylic acid groups (broad SMARTS) is 1. The van der Waals surface area contributed by atoms with Crippen LogP contribution in [0.1, 0.15) is 37.0 Å². The minimum atomic E-state index is -1.55. The van der Waals surface area contributed by atoms with Crippen molar-refractivity contribution in [2.75, 3.05) is 0 Å². The number of nitro groups is 1. The Morgan fingerprint density at radius 1 is 1.52 bits per heavy atom. The van der Waals surface area contributed by atoms with Crippen molar-refractivity contribution in [2.24, 2.45) is 0 Å². The Morgan fingerprint density at radius 3 is 2.62 bits per heavy atom. The van der Waals surface area contributed by atoms with Gasteiger partial charge in [0.1, 0.15) is 11.1 Å². The van der Waals surface area contributed by atoms with Gasteiger partial charge in [0.25, 0.3) is 17.2 Å². The molecule has 0 radical (unpaired) electrons. The van der Waals surface area contributed by atoms with Gasteiger partial charge in [0.15, 0.2) is 0 Å². The second-order valence-corrected chi connectivity index (χ2v) is 4.70. The molecule has 9 heteroatoms. The van der Waals surface area contributed by atoms with Gasteiger partial charge in [-0.1, -0.05) is 13.3 Å². The number of carbonyl (C=O) groups is 2. The Hall–Kier alpha value is -2.71. The van der Waals surface area contributed by atoms with Crippen molar-refractivity contribution in [2.45, 2.75) is 32.2 Å². The summed E-state index contributed by atoms with van der Waals surface area (Å²) >= 11 is 0. The fourth-order valence-electron chi connectivity index (χ4n) is 1.79. The molecular weight excluding hydrogens is 282 g/mol. The molecule has 1 rings (SSSR count). The van der Waals surface area contributed by atoms with Gasteiger partial charge in [-0.15, -0.1) is 0 Å². The van der Waals surface area contributed by atoms with Crippen LogP contribution in [0.3, 0.4) is 0 Å². The number of nitrogens with one attached hydrogen (secondary N) is 2. The molecule has 9 nitrogen and oxygen atoms in total. The first-order valence-electron chi connectivity index (χ1n) is 6.14. The van der Waals surface area contributed by atoms with Gasteiger partial charge in [-0.05, 0) is 13.3 Å². The quantitative estimate of drug-likeness (QED) is 0.520. The van der Waals surface area contributed by atoms with Crippen molar-refractivity contribution >= 4 is 17.6 Å². The van der Waals surface area contributed by atoms with E-state index in [-0.39, 0.29) is 6.42 Å². The maximum atomic E-state index is 12.0. The first kappa shape index (κ1) is 16.3. The van der Waals surface area contributed by atoms with Crippen molar-refractivity contribution in [1.82, 2.24) is 10.3 Å². The van der Waals surface area contributed by atoms with Crippen LogP contribution >= 0.6 is 0 Å². The van der Waals surface area contributed by atoms with Crippen molar-refractivity contribution in [3.05, 3.63) is 38.3 Å². The highest BCUT2D eigenvalue weighted by Crippen LogP contribution is 2.14. The third-order valence-electron chi connectivity index (χ3n) is 2.95. The lowest BCUT2D eigenvalue weighted by atomic mass is 9.96. The first-order chi connectivity index (χ1) is 9.71. The summed E-state index contributed by atoms with van der Waals surface area (Å²) in [4.78, 5) is 46.8. The summed E-state index contributed by atoms with van der Waals surface area (Å²) in [5.41, 5.74) is -3.36. The minimum absolute atomic E-state index is 0.154. The molecule has 1 aromatic rings. The average Bonchev–Trinajstić information content (AvgIpc) is 2.38. The van der Waals surface area contributed by atoms with Crippen molar-refractivity contribution in [3.8, 4) is 0 Å². The molecule has 0 bridgehead atoms. The third-order valence-corrected chi connectivity index (χ3v) is 2.95. The van der Waals surface area contributed by atoms with E-state index < -0.39 is 39.1 Å². The van der Waals surface area contributed by atoms with E-state index in [2.05, 4.69) is 10.3 Å². The van der Waals surface area contributed by atoms with Crippen LogP contribution in [-0.2, 0) is 4.79 Å². The smallest absolute Gasteiger partial charge is 0.329 e. The van der Waals surface area contributed by atoms with Crippen molar-refractivity contribution in [1.29, 1.82) is 0 Å². The van der Waals surface area contributed by atoms with Crippen molar-refractivity contribution < 1.29 is 19.6 Å². The highest BCUT2D eigenvalue weighted by Gasteiger charge is 2.34. The summed E-state index contributed by atoms with van der Waals surface area (Å²) < 4.78 is 0. The van der Waals surface area contributed by atoms with E-state index in [4.69, 9.17) is 5.11 Å². The molecule has 1 amide bonds. The maximum Gasteiger partial charge on any atom is 0.329 e. The number of rotatable bonds is 6.